The summed E-state index contributed by atoms with van der Waals surface area (Å²) >= 11 is 1.39. The van der Waals surface area contributed by atoms with E-state index in [1.807, 2.05) is 31.2 Å². The standard InChI is InChI=1S/C20H17N3O4S/c1-13-19(15-6-10-17(27-2)11-7-15)22-20(28-13)21-18(24)12-5-14-3-8-16(9-4-14)23(25)26/h3-12H,1-2H3,(H,21,22,24). The Morgan fingerprint density at radius 2 is 1.86 bits per heavy atom. The number of non-ortho nitro benzene ring substituents is 1. The zero-order chi connectivity index (χ0) is 20.1. The number of nitrogens with one attached hydrogen (secondary N) is 1. The summed E-state index contributed by atoms with van der Waals surface area (Å²) in [5, 5.41) is 13.9. The van der Waals surface area contributed by atoms with Crippen molar-refractivity contribution in [3.8, 4) is 17.0 Å². The molecule has 1 heterocycles. The quantitative estimate of drug-likeness (QED) is 0.371. The minimum Gasteiger partial charge on any atom is -0.497 e. The molecular weight excluding hydrogens is 378 g/mol. The number of ether oxygens (including phenoxy) is 1. The number of nitro groups is 1. The molecule has 3 aromatic rings. The van der Waals surface area contributed by atoms with Gasteiger partial charge in [0.2, 0.25) is 5.91 Å². The molecule has 0 aliphatic carbocycles. The van der Waals surface area contributed by atoms with Gasteiger partial charge in [-0.3, -0.25) is 20.2 Å². The molecule has 0 atom stereocenters. The van der Waals surface area contributed by atoms with Crippen LogP contribution in [0.15, 0.2) is 54.6 Å². The zero-order valence-electron chi connectivity index (χ0n) is 15.2. The number of hydrogen-bond acceptors (Lipinski definition) is 6. The maximum absolute atomic E-state index is 12.1. The summed E-state index contributed by atoms with van der Waals surface area (Å²) in [5.74, 6) is 0.440. The number of aromatic nitrogens is 1. The van der Waals surface area contributed by atoms with Gasteiger partial charge < -0.3 is 4.74 Å². The number of amides is 1. The smallest absolute Gasteiger partial charge is 0.269 e. The van der Waals surface area contributed by atoms with Crippen LogP contribution in [0.1, 0.15) is 10.4 Å². The first kappa shape index (κ1) is 19.2. The Morgan fingerprint density at radius 1 is 1.18 bits per heavy atom. The number of aryl methyl sites for hydroxylation is 1. The van der Waals surface area contributed by atoms with Crippen LogP contribution in [0.25, 0.3) is 17.3 Å². The van der Waals surface area contributed by atoms with Gasteiger partial charge in [-0.25, -0.2) is 4.98 Å². The number of anilines is 1. The van der Waals surface area contributed by atoms with Gasteiger partial charge in [0.25, 0.3) is 5.69 Å². The Kier molecular flexibility index (Phi) is 5.81. The number of carbonyl (C=O) groups is 1. The summed E-state index contributed by atoms with van der Waals surface area (Å²) in [6.07, 6.45) is 2.95. The van der Waals surface area contributed by atoms with Crippen LogP contribution in [-0.2, 0) is 4.79 Å². The van der Waals surface area contributed by atoms with E-state index in [1.165, 1.54) is 29.5 Å². The second kappa shape index (κ2) is 8.45. The van der Waals surface area contributed by atoms with E-state index in [1.54, 1.807) is 25.3 Å². The monoisotopic (exact) mass is 395 g/mol. The molecule has 142 valence electrons. The maximum Gasteiger partial charge on any atom is 0.269 e. The van der Waals surface area contributed by atoms with E-state index in [-0.39, 0.29) is 11.6 Å². The Hall–Kier alpha value is -3.52. The van der Waals surface area contributed by atoms with Gasteiger partial charge >= 0.3 is 0 Å². The highest BCUT2D eigenvalue weighted by Gasteiger charge is 2.11. The van der Waals surface area contributed by atoms with Gasteiger partial charge in [0, 0.05) is 28.6 Å². The molecular formula is C20H17N3O4S. The van der Waals surface area contributed by atoms with Crippen molar-refractivity contribution in [3.63, 3.8) is 0 Å². The van der Waals surface area contributed by atoms with Crippen molar-refractivity contribution < 1.29 is 14.5 Å². The number of nitro benzene ring substituents is 1. The molecule has 0 spiro atoms. The Bertz CT molecular complexity index is 1020. The molecule has 0 unspecified atom stereocenters. The molecule has 0 fully saturated rings. The molecule has 1 aromatic heterocycles. The van der Waals surface area contributed by atoms with E-state index in [2.05, 4.69) is 10.3 Å². The Morgan fingerprint density at radius 3 is 2.46 bits per heavy atom. The zero-order valence-corrected chi connectivity index (χ0v) is 16.0. The lowest BCUT2D eigenvalue weighted by molar-refractivity contribution is -0.384. The minimum absolute atomic E-state index is 0.00548. The topological polar surface area (TPSA) is 94.4 Å². The van der Waals surface area contributed by atoms with Gasteiger partial charge in [-0.15, -0.1) is 11.3 Å². The van der Waals surface area contributed by atoms with Gasteiger partial charge in [-0.2, -0.15) is 0 Å². The lowest BCUT2D eigenvalue weighted by Gasteiger charge is -2.01. The third kappa shape index (κ3) is 4.60. The van der Waals surface area contributed by atoms with Gasteiger partial charge in [-0.1, -0.05) is 0 Å². The number of methoxy groups -OCH3 is 1. The highest BCUT2D eigenvalue weighted by molar-refractivity contribution is 7.16. The highest BCUT2D eigenvalue weighted by Crippen LogP contribution is 2.31. The number of nitrogens with zero attached hydrogens (tertiary/aromatic N) is 2. The molecule has 0 saturated heterocycles. The summed E-state index contributed by atoms with van der Waals surface area (Å²) in [5.41, 5.74) is 2.44. The van der Waals surface area contributed by atoms with Crippen LogP contribution in [0, 0.1) is 17.0 Å². The van der Waals surface area contributed by atoms with E-state index in [0.29, 0.717) is 10.7 Å². The molecule has 7 nitrogen and oxygen atoms in total. The molecule has 8 heteroatoms. The van der Waals surface area contributed by atoms with Gasteiger partial charge in [0.15, 0.2) is 5.13 Å². The lowest BCUT2D eigenvalue weighted by atomic mass is 10.1. The van der Waals surface area contributed by atoms with Crippen molar-refractivity contribution >= 4 is 34.1 Å². The number of benzene rings is 2. The fraction of sp³-hybridized carbons (Fsp3) is 0.100. The van der Waals surface area contributed by atoms with Gasteiger partial charge in [0.1, 0.15) is 5.75 Å². The highest BCUT2D eigenvalue weighted by atomic mass is 32.1. The van der Waals surface area contributed by atoms with Crippen LogP contribution >= 0.6 is 11.3 Å². The fourth-order valence-electron chi connectivity index (χ4n) is 2.49. The van der Waals surface area contributed by atoms with Crippen LogP contribution in [0.3, 0.4) is 0 Å². The van der Waals surface area contributed by atoms with E-state index < -0.39 is 4.92 Å². The summed E-state index contributed by atoms with van der Waals surface area (Å²) < 4.78 is 5.16. The van der Waals surface area contributed by atoms with Gasteiger partial charge in [-0.05, 0) is 55.0 Å². The van der Waals surface area contributed by atoms with Crippen molar-refractivity contribution in [1.29, 1.82) is 0 Å². The molecule has 1 N–H and O–H groups in total. The van der Waals surface area contributed by atoms with Crippen molar-refractivity contribution in [2.24, 2.45) is 0 Å². The predicted molar refractivity (Wildman–Crippen MR) is 110 cm³/mol. The fourth-order valence-corrected chi connectivity index (χ4v) is 3.33. The largest absolute Gasteiger partial charge is 0.497 e. The molecule has 0 saturated carbocycles. The van der Waals surface area contributed by atoms with Crippen molar-refractivity contribution in [1.82, 2.24) is 4.98 Å². The first-order valence-corrected chi connectivity index (χ1v) is 9.13. The normalized spacial score (nSPS) is 10.8. The first-order valence-electron chi connectivity index (χ1n) is 8.31. The third-order valence-electron chi connectivity index (χ3n) is 3.92. The van der Waals surface area contributed by atoms with E-state index in [0.717, 1.165) is 21.9 Å². The average Bonchev–Trinajstić information content (AvgIpc) is 3.06. The predicted octanol–water partition coefficient (Wildman–Crippen LogP) is 4.69. The van der Waals surface area contributed by atoms with E-state index in [4.69, 9.17) is 4.74 Å². The summed E-state index contributed by atoms with van der Waals surface area (Å²) in [4.78, 5) is 27.8. The second-order valence-electron chi connectivity index (χ2n) is 5.82. The van der Waals surface area contributed by atoms with Crippen molar-refractivity contribution in [3.05, 3.63) is 75.2 Å². The molecule has 0 aliphatic heterocycles. The number of carbonyl (C=O) groups excluding carboxylic acids is 1. The van der Waals surface area contributed by atoms with Crippen LogP contribution < -0.4 is 10.1 Å². The number of rotatable bonds is 6. The van der Waals surface area contributed by atoms with Crippen LogP contribution in [0.2, 0.25) is 0 Å². The van der Waals surface area contributed by atoms with Crippen LogP contribution in [0.4, 0.5) is 10.8 Å². The van der Waals surface area contributed by atoms with E-state index >= 15 is 0 Å². The molecule has 1 amide bonds. The lowest BCUT2D eigenvalue weighted by Crippen LogP contribution is -2.07. The van der Waals surface area contributed by atoms with Crippen molar-refractivity contribution in [2.45, 2.75) is 6.92 Å². The Labute approximate surface area is 165 Å². The Balaban J connectivity index is 1.67. The van der Waals surface area contributed by atoms with Crippen LogP contribution in [0.5, 0.6) is 5.75 Å². The molecule has 2 aromatic carbocycles. The van der Waals surface area contributed by atoms with Crippen molar-refractivity contribution in [2.75, 3.05) is 12.4 Å². The number of hydrogen-bond donors (Lipinski definition) is 1. The minimum atomic E-state index is -0.467. The SMILES string of the molecule is COc1ccc(-c2nc(NC(=O)C=Cc3ccc([N+](=O)[O-])cc3)sc2C)cc1. The summed E-state index contributed by atoms with van der Waals surface area (Å²) in [6, 6.07) is 13.5. The van der Waals surface area contributed by atoms with E-state index in [9.17, 15) is 14.9 Å². The summed E-state index contributed by atoms with van der Waals surface area (Å²) in [7, 11) is 1.61. The molecule has 0 bridgehead atoms. The molecule has 0 radical (unpaired) electrons. The molecule has 3 rings (SSSR count). The first-order chi connectivity index (χ1) is 13.5. The van der Waals surface area contributed by atoms with Gasteiger partial charge in [0.05, 0.1) is 17.7 Å². The average molecular weight is 395 g/mol. The second-order valence-corrected chi connectivity index (χ2v) is 7.03. The molecule has 0 aliphatic rings. The summed E-state index contributed by atoms with van der Waals surface area (Å²) in [6.45, 7) is 1.94. The van der Waals surface area contributed by atoms with Crippen LogP contribution in [-0.4, -0.2) is 22.9 Å². The molecule has 28 heavy (non-hydrogen) atoms. The number of thiazole rings is 1. The third-order valence-corrected chi connectivity index (χ3v) is 4.81. The maximum atomic E-state index is 12.1.